The van der Waals surface area contributed by atoms with Crippen molar-refractivity contribution in [3.05, 3.63) is 35.0 Å². The number of rotatable bonds is 11. The Labute approximate surface area is 209 Å². The molecular weight excluding hydrogens is 470 g/mol. The van der Waals surface area contributed by atoms with Crippen LogP contribution in [0.3, 0.4) is 0 Å². The average Bonchev–Trinajstić information content (AvgIpc) is 3.26. The van der Waals surface area contributed by atoms with E-state index in [1.807, 2.05) is 19.1 Å². The molecule has 0 radical (unpaired) electrons. The van der Waals surface area contributed by atoms with Gasteiger partial charge >= 0.3 is 0 Å². The van der Waals surface area contributed by atoms with Crippen LogP contribution < -0.4 is 21.1 Å². The molecular formula is C24H32ClN7O3. The van der Waals surface area contributed by atoms with E-state index in [0.717, 1.165) is 50.5 Å². The van der Waals surface area contributed by atoms with Crippen LogP contribution in [0, 0.1) is 5.92 Å². The number of nitrogens with zero attached hydrogens (tertiary/aromatic N) is 3. The molecule has 3 aromatic rings. The first-order chi connectivity index (χ1) is 17.0. The van der Waals surface area contributed by atoms with Gasteiger partial charge in [-0.2, -0.15) is 4.98 Å². The van der Waals surface area contributed by atoms with E-state index in [1.165, 1.54) is 6.20 Å². The van der Waals surface area contributed by atoms with Crippen LogP contribution in [0.4, 0.5) is 17.3 Å². The maximum absolute atomic E-state index is 11.7. The first-order valence-electron chi connectivity index (χ1n) is 11.8. The molecule has 0 spiro atoms. The van der Waals surface area contributed by atoms with Crippen molar-refractivity contribution < 1.29 is 14.3 Å². The van der Waals surface area contributed by atoms with E-state index in [0.29, 0.717) is 46.5 Å². The van der Waals surface area contributed by atoms with Gasteiger partial charge in [0, 0.05) is 26.2 Å². The van der Waals surface area contributed by atoms with E-state index >= 15 is 0 Å². The Morgan fingerprint density at radius 3 is 2.89 bits per heavy atom. The number of methoxy groups -OCH3 is 1. The highest BCUT2D eigenvalue weighted by Gasteiger charge is 2.18. The highest BCUT2D eigenvalue weighted by atomic mass is 35.5. The zero-order valence-corrected chi connectivity index (χ0v) is 20.8. The third-order valence-corrected chi connectivity index (χ3v) is 6.35. The highest BCUT2D eigenvalue weighted by Crippen LogP contribution is 2.32. The minimum atomic E-state index is -0.336. The standard InChI is InChI=1S/C24H32ClN7O3/c1-3-4-16(22(26)33)12-27-20-17(25)13-28-23-21(20)30-24(31-23)29-18-6-5-15(11-19(18)34-2)14-32-7-9-35-10-8-32/h5-6,11,13,16H,3-4,7-10,12,14H2,1-2H3,(H2,26,33)(H3,27,28,29,30,31). The molecule has 0 aliphatic carbocycles. The van der Waals surface area contributed by atoms with Crippen LogP contribution >= 0.6 is 11.6 Å². The lowest BCUT2D eigenvalue weighted by atomic mass is 10.0. The van der Waals surface area contributed by atoms with Crippen LogP contribution in [-0.2, 0) is 16.1 Å². The second kappa shape index (κ2) is 11.6. The number of benzene rings is 1. The molecule has 1 aliphatic heterocycles. The van der Waals surface area contributed by atoms with Gasteiger partial charge in [0.1, 0.15) is 11.3 Å². The van der Waals surface area contributed by atoms with Gasteiger partial charge in [-0.3, -0.25) is 9.69 Å². The predicted octanol–water partition coefficient (Wildman–Crippen LogP) is 3.51. The van der Waals surface area contributed by atoms with Crippen LogP contribution in [0.5, 0.6) is 5.75 Å². The second-order valence-corrected chi connectivity index (χ2v) is 8.99. The Morgan fingerprint density at radius 1 is 1.37 bits per heavy atom. The molecule has 0 saturated carbocycles. The number of ether oxygens (including phenoxy) is 2. The summed E-state index contributed by atoms with van der Waals surface area (Å²) < 4.78 is 11.1. The van der Waals surface area contributed by atoms with Crippen molar-refractivity contribution in [1.82, 2.24) is 19.9 Å². The van der Waals surface area contributed by atoms with Gasteiger partial charge in [-0.15, -0.1) is 0 Å². The fourth-order valence-corrected chi connectivity index (χ4v) is 4.38. The number of anilines is 3. The van der Waals surface area contributed by atoms with E-state index in [1.54, 1.807) is 7.11 Å². The molecule has 2 aromatic heterocycles. The van der Waals surface area contributed by atoms with Crippen LogP contribution in [0.1, 0.15) is 25.3 Å². The molecule has 1 unspecified atom stereocenters. The number of morpholine rings is 1. The summed E-state index contributed by atoms with van der Waals surface area (Å²) in [6.07, 6.45) is 3.10. The molecule has 11 heteroatoms. The lowest BCUT2D eigenvalue weighted by Crippen LogP contribution is -2.35. The molecule has 3 heterocycles. The second-order valence-electron chi connectivity index (χ2n) is 8.58. The van der Waals surface area contributed by atoms with E-state index in [9.17, 15) is 4.79 Å². The first-order valence-corrected chi connectivity index (χ1v) is 12.2. The monoisotopic (exact) mass is 501 g/mol. The summed E-state index contributed by atoms with van der Waals surface area (Å²) in [5.41, 5.74) is 9.25. The van der Waals surface area contributed by atoms with Crippen molar-refractivity contribution in [2.75, 3.05) is 50.6 Å². The average molecular weight is 502 g/mol. The van der Waals surface area contributed by atoms with Crippen LogP contribution in [0.15, 0.2) is 24.4 Å². The number of nitrogens with two attached hydrogens (primary N) is 1. The van der Waals surface area contributed by atoms with Crippen molar-refractivity contribution in [1.29, 1.82) is 0 Å². The number of carbonyl (C=O) groups is 1. The number of aromatic nitrogens is 3. The first kappa shape index (κ1) is 25.0. The summed E-state index contributed by atoms with van der Waals surface area (Å²) in [5, 5.41) is 6.97. The van der Waals surface area contributed by atoms with Gasteiger partial charge in [-0.05, 0) is 24.1 Å². The molecule has 1 aliphatic rings. The predicted molar refractivity (Wildman–Crippen MR) is 137 cm³/mol. The van der Waals surface area contributed by atoms with Crippen molar-refractivity contribution in [3.63, 3.8) is 0 Å². The van der Waals surface area contributed by atoms with Gasteiger partial charge < -0.3 is 30.8 Å². The maximum atomic E-state index is 11.7. The van der Waals surface area contributed by atoms with Gasteiger partial charge in [0.2, 0.25) is 11.9 Å². The maximum Gasteiger partial charge on any atom is 0.222 e. The number of aromatic amines is 1. The lowest BCUT2D eigenvalue weighted by Gasteiger charge is -2.26. The number of halogens is 1. The van der Waals surface area contributed by atoms with Crippen molar-refractivity contribution in [2.45, 2.75) is 26.3 Å². The van der Waals surface area contributed by atoms with E-state index in [-0.39, 0.29) is 11.8 Å². The fraction of sp³-hybridized carbons (Fsp3) is 0.458. The number of hydrogen-bond donors (Lipinski definition) is 4. The highest BCUT2D eigenvalue weighted by molar-refractivity contribution is 6.34. The van der Waals surface area contributed by atoms with E-state index < -0.39 is 0 Å². The van der Waals surface area contributed by atoms with Crippen molar-refractivity contribution in [2.24, 2.45) is 11.7 Å². The summed E-state index contributed by atoms with van der Waals surface area (Å²) >= 11 is 6.42. The van der Waals surface area contributed by atoms with Crippen LogP contribution in [0.25, 0.3) is 11.2 Å². The number of primary amides is 1. The lowest BCUT2D eigenvalue weighted by molar-refractivity contribution is -0.121. The summed E-state index contributed by atoms with van der Waals surface area (Å²) in [4.78, 5) is 26.2. The van der Waals surface area contributed by atoms with Gasteiger partial charge in [-0.1, -0.05) is 31.0 Å². The molecule has 1 atom stereocenters. The minimum Gasteiger partial charge on any atom is -0.495 e. The van der Waals surface area contributed by atoms with Crippen molar-refractivity contribution in [3.8, 4) is 5.75 Å². The summed E-state index contributed by atoms with van der Waals surface area (Å²) in [6, 6.07) is 6.08. The Balaban J connectivity index is 1.52. The molecule has 5 N–H and O–H groups in total. The van der Waals surface area contributed by atoms with Crippen LogP contribution in [0.2, 0.25) is 5.02 Å². The molecule has 0 bridgehead atoms. The zero-order valence-electron chi connectivity index (χ0n) is 20.1. The Morgan fingerprint density at radius 2 is 2.17 bits per heavy atom. The largest absolute Gasteiger partial charge is 0.495 e. The third-order valence-electron chi connectivity index (χ3n) is 6.07. The molecule has 4 rings (SSSR count). The fourth-order valence-electron chi connectivity index (χ4n) is 4.17. The number of pyridine rings is 1. The molecule has 35 heavy (non-hydrogen) atoms. The number of nitrogens with one attached hydrogen (secondary N) is 3. The van der Waals surface area contributed by atoms with E-state index in [4.69, 9.17) is 26.8 Å². The Kier molecular flexibility index (Phi) is 8.27. The number of carbonyl (C=O) groups excluding carboxylic acids is 1. The summed E-state index contributed by atoms with van der Waals surface area (Å²) in [5.74, 6) is 0.582. The number of fused-ring (bicyclic) bond motifs is 1. The SMILES string of the molecule is CCCC(CNc1c(Cl)cnc2nc(Nc3ccc(CN4CCOCC4)cc3OC)[nH]c12)C(N)=O. The topological polar surface area (TPSA) is 130 Å². The molecule has 188 valence electrons. The Hall–Kier alpha value is -3.08. The van der Waals surface area contributed by atoms with Crippen molar-refractivity contribution >= 4 is 46.0 Å². The van der Waals surface area contributed by atoms with Gasteiger partial charge in [0.25, 0.3) is 0 Å². The van der Waals surface area contributed by atoms with E-state index in [2.05, 4.69) is 36.6 Å². The molecule has 1 fully saturated rings. The number of H-pyrrole nitrogens is 1. The molecule has 1 saturated heterocycles. The number of amides is 1. The molecule has 10 nitrogen and oxygen atoms in total. The quantitative estimate of drug-likeness (QED) is 0.314. The van der Waals surface area contributed by atoms with Gasteiger partial charge in [0.15, 0.2) is 5.65 Å². The number of hydrogen-bond acceptors (Lipinski definition) is 8. The van der Waals surface area contributed by atoms with Crippen LogP contribution in [-0.4, -0.2) is 65.7 Å². The smallest absolute Gasteiger partial charge is 0.222 e. The zero-order chi connectivity index (χ0) is 24.8. The minimum absolute atomic E-state index is 0.292. The number of imidazole rings is 1. The third kappa shape index (κ3) is 6.14. The summed E-state index contributed by atoms with van der Waals surface area (Å²) in [7, 11) is 1.65. The Bertz CT molecular complexity index is 1160. The molecule has 1 amide bonds. The van der Waals surface area contributed by atoms with Gasteiger partial charge in [-0.25, -0.2) is 4.98 Å². The van der Waals surface area contributed by atoms with Gasteiger partial charge in [0.05, 0.1) is 48.8 Å². The molecule has 1 aromatic carbocycles. The summed E-state index contributed by atoms with van der Waals surface area (Å²) in [6.45, 7) is 6.61. The normalized spacial score (nSPS) is 15.2.